The van der Waals surface area contributed by atoms with Crippen LogP contribution in [0.5, 0.6) is 0 Å². The third-order valence-electron chi connectivity index (χ3n) is 2.67. The van der Waals surface area contributed by atoms with Gasteiger partial charge in [0.15, 0.2) is 0 Å². The first-order valence-electron chi connectivity index (χ1n) is 5.62. The lowest BCUT2D eigenvalue weighted by molar-refractivity contribution is -0.125. The van der Waals surface area contributed by atoms with Crippen molar-refractivity contribution < 1.29 is 13.2 Å². The number of nitrogens with two attached hydrogens (primary N) is 2. The first kappa shape index (κ1) is 16.5. The molecule has 7 nitrogen and oxygen atoms in total. The summed E-state index contributed by atoms with van der Waals surface area (Å²) in [5.74, 6) is -0.595. The van der Waals surface area contributed by atoms with Crippen LogP contribution in [0.25, 0.3) is 0 Å². The minimum Gasteiger partial charge on any atom is -0.388 e. The van der Waals surface area contributed by atoms with Crippen LogP contribution in [0.1, 0.15) is 19.5 Å². The van der Waals surface area contributed by atoms with E-state index in [4.69, 9.17) is 23.7 Å². The zero-order valence-corrected chi connectivity index (χ0v) is 12.7. The van der Waals surface area contributed by atoms with Gasteiger partial charge in [0.2, 0.25) is 15.9 Å². The van der Waals surface area contributed by atoms with Crippen molar-refractivity contribution in [1.82, 2.24) is 9.71 Å². The molecule has 0 atom stereocenters. The molecule has 1 rings (SSSR count). The van der Waals surface area contributed by atoms with Crippen molar-refractivity contribution in [2.24, 2.45) is 16.9 Å². The van der Waals surface area contributed by atoms with Gasteiger partial charge >= 0.3 is 0 Å². The minimum absolute atomic E-state index is 0.0437. The maximum Gasteiger partial charge on any atom is 0.242 e. The highest BCUT2D eigenvalue weighted by Gasteiger charge is 2.27. The molecule has 20 heavy (non-hydrogen) atoms. The number of nitrogens with zero attached hydrogens (tertiary/aromatic N) is 1. The van der Waals surface area contributed by atoms with Crippen LogP contribution in [0.15, 0.2) is 23.2 Å². The fraction of sp³-hybridized carbons (Fsp3) is 0.364. The van der Waals surface area contributed by atoms with Gasteiger partial charge in [0.1, 0.15) is 9.88 Å². The summed E-state index contributed by atoms with van der Waals surface area (Å²) < 4.78 is 26.3. The lowest BCUT2D eigenvalue weighted by Crippen LogP contribution is -2.42. The van der Waals surface area contributed by atoms with Crippen molar-refractivity contribution in [2.75, 3.05) is 6.54 Å². The number of hydrogen-bond acceptors (Lipinski definition) is 5. The second-order valence-electron chi connectivity index (χ2n) is 4.82. The summed E-state index contributed by atoms with van der Waals surface area (Å²) >= 11 is 4.73. The second-order valence-corrected chi connectivity index (χ2v) is 7.02. The number of carbonyl (C=O) groups excluding carboxylic acids is 1. The normalized spacial score (nSPS) is 12.1. The molecule has 1 aromatic heterocycles. The Hall–Kier alpha value is -1.58. The number of pyridine rings is 1. The van der Waals surface area contributed by atoms with Gasteiger partial charge in [-0.15, -0.1) is 0 Å². The monoisotopic (exact) mass is 316 g/mol. The van der Waals surface area contributed by atoms with E-state index in [2.05, 4.69) is 9.71 Å². The van der Waals surface area contributed by atoms with E-state index >= 15 is 0 Å². The quantitative estimate of drug-likeness (QED) is 0.607. The Labute approximate surface area is 122 Å². The number of primary amides is 1. The summed E-state index contributed by atoms with van der Waals surface area (Å²) in [6, 6.07) is 2.75. The summed E-state index contributed by atoms with van der Waals surface area (Å²) in [6.45, 7) is 2.99. The molecule has 0 fully saturated rings. The molecule has 1 heterocycles. The topological polar surface area (TPSA) is 128 Å². The minimum atomic E-state index is -3.77. The van der Waals surface area contributed by atoms with Crippen LogP contribution in [-0.2, 0) is 14.8 Å². The predicted molar refractivity (Wildman–Crippen MR) is 78.3 cm³/mol. The molecule has 1 amide bonds. The third-order valence-corrected chi connectivity index (χ3v) is 4.27. The van der Waals surface area contributed by atoms with E-state index in [0.29, 0.717) is 5.69 Å². The number of carbonyl (C=O) groups is 1. The largest absolute Gasteiger partial charge is 0.388 e. The summed E-state index contributed by atoms with van der Waals surface area (Å²) in [5.41, 5.74) is 9.89. The van der Waals surface area contributed by atoms with E-state index in [1.807, 2.05) is 0 Å². The van der Waals surface area contributed by atoms with Gasteiger partial charge in [-0.05, 0) is 26.0 Å². The van der Waals surface area contributed by atoms with E-state index in [0.717, 1.165) is 6.20 Å². The average Bonchev–Trinajstić information content (AvgIpc) is 2.36. The molecule has 110 valence electrons. The number of nitrogens with one attached hydrogen (secondary N) is 1. The van der Waals surface area contributed by atoms with Crippen molar-refractivity contribution in [3.8, 4) is 0 Å². The fourth-order valence-electron chi connectivity index (χ4n) is 1.13. The van der Waals surface area contributed by atoms with Gasteiger partial charge in [-0.1, -0.05) is 12.2 Å². The Kier molecular flexibility index (Phi) is 4.79. The van der Waals surface area contributed by atoms with Gasteiger partial charge in [-0.3, -0.25) is 9.78 Å². The van der Waals surface area contributed by atoms with Crippen molar-refractivity contribution in [2.45, 2.75) is 18.7 Å². The summed E-state index contributed by atoms with van der Waals surface area (Å²) in [7, 11) is -3.77. The van der Waals surface area contributed by atoms with Gasteiger partial charge in [-0.25, -0.2) is 13.1 Å². The first-order chi connectivity index (χ1) is 9.06. The van der Waals surface area contributed by atoms with Crippen molar-refractivity contribution >= 4 is 33.1 Å². The highest BCUT2D eigenvalue weighted by molar-refractivity contribution is 7.89. The molecule has 0 unspecified atom stereocenters. The molecule has 0 saturated carbocycles. The molecule has 0 aliphatic heterocycles. The van der Waals surface area contributed by atoms with Crippen LogP contribution in [0, 0.1) is 5.41 Å². The standard InChI is InChI=1S/C11H16N4O3S2/c1-11(2,10(13)16)6-15-20(17,18)7-3-4-8(9(12)19)14-5-7/h3-5,15H,6H2,1-2H3,(H2,12,19)(H2,13,16). The Morgan fingerprint density at radius 2 is 2.00 bits per heavy atom. The van der Waals surface area contributed by atoms with Crippen LogP contribution in [0.2, 0.25) is 0 Å². The first-order valence-corrected chi connectivity index (χ1v) is 7.51. The maximum absolute atomic E-state index is 12.0. The Balaban J connectivity index is 2.89. The number of hydrogen-bond donors (Lipinski definition) is 3. The Morgan fingerprint density at radius 1 is 1.40 bits per heavy atom. The van der Waals surface area contributed by atoms with E-state index in [9.17, 15) is 13.2 Å². The van der Waals surface area contributed by atoms with Gasteiger partial charge in [0.05, 0.1) is 11.1 Å². The summed E-state index contributed by atoms with van der Waals surface area (Å²) in [5, 5.41) is 0. The molecule has 0 saturated heterocycles. The van der Waals surface area contributed by atoms with E-state index < -0.39 is 21.3 Å². The van der Waals surface area contributed by atoms with Crippen LogP contribution in [0.4, 0.5) is 0 Å². The number of aromatic nitrogens is 1. The zero-order chi connectivity index (χ0) is 15.6. The molecular formula is C11H16N4O3S2. The van der Waals surface area contributed by atoms with Crippen molar-refractivity contribution in [1.29, 1.82) is 0 Å². The molecule has 0 spiro atoms. The van der Waals surface area contributed by atoms with Crippen LogP contribution >= 0.6 is 12.2 Å². The highest BCUT2D eigenvalue weighted by Crippen LogP contribution is 2.14. The van der Waals surface area contributed by atoms with Crippen LogP contribution in [-0.4, -0.2) is 30.8 Å². The Bertz CT molecular complexity index is 624. The van der Waals surface area contributed by atoms with Crippen molar-refractivity contribution in [3.05, 3.63) is 24.0 Å². The van der Waals surface area contributed by atoms with Crippen LogP contribution < -0.4 is 16.2 Å². The van der Waals surface area contributed by atoms with E-state index in [-0.39, 0.29) is 16.4 Å². The average molecular weight is 316 g/mol. The smallest absolute Gasteiger partial charge is 0.242 e. The van der Waals surface area contributed by atoms with Gasteiger partial charge < -0.3 is 11.5 Å². The summed E-state index contributed by atoms with van der Waals surface area (Å²) in [6.07, 6.45) is 1.15. The van der Waals surface area contributed by atoms with E-state index in [1.54, 1.807) is 13.8 Å². The SMILES string of the molecule is CC(C)(CNS(=O)(=O)c1ccc(C(N)=S)nc1)C(N)=O. The van der Waals surface area contributed by atoms with Crippen molar-refractivity contribution in [3.63, 3.8) is 0 Å². The molecule has 1 aromatic rings. The zero-order valence-electron chi connectivity index (χ0n) is 11.1. The second kappa shape index (κ2) is 5.81. The van der Waals surface area contributed by atoms with E-state index in [1.165, 1.54) is 12.1 Å². The number of sulfonamides is 1. The molecular weight excluding hydrogens is 300 g/mol. The predicted octanol–water partition coefficient (Wildman–Crippen LogP) is -0.494. The fourth-order valence-corrected chi connectivity index (χ4v) is 2.41. The maximum atomic E-state index is 12.0. The Morgan fingerprint density at radius 3 is 2.40 bits per heavy atom. The number of rotatable bonds is 6. The summed E-state index contributed by atoms with van der Waals surface area (Å²) in [4.78, 5) is 15.0. The number of amides is 1. The molecule has 0 aliphatic rings. The van der Waals surface area contributed by atoms with Gasteiger partial charge in [0.25, 0.3) is 0 Å². The van der Waals surface area contributed by atoms with Gasteiger partial charge in [-0.2, -0.15) is 0 Å². The molecule has 0 aliphatic carbocycles. The van der Waals surface area contributed by atoms with Crippen LogP contribution in [0.3, 0.4) is 0 Å². The molecule has 5 N–H and O–H groups in total. The molecule has 0 bridgehead atoms. The number of thiocarbonyl (C=S) groups is 1. The molecule has 0 aromatic carbocycles. The third kappa shape index (κ3) is 3.95. The highest BCUT2D eigenvalue weighted by atomic mass is 32.2. The molecule has 0 radical (unpaired) electrons. The lowest BCUT2D eigenvalue weighted by Gasteiger charge is -2.20. The van der Waals surface area contributed by atoms with Gasteiger partial charge in [0, 0.05) is 12.7 Å². The molecule has 9 heteroatoms. The lowest BCUT2D eigenvalue weighted by atomic mass is 9.93.